The Morgan fingerprint density at radius 1 is 1.17 bits per heavy atom. The average Bonchev–Trinajstić information content (AvgIpc) is 2.35. The van der Waals surface area contributed by atoms with Crippen LogP contribution in [0.1, 0.15) is 48.6 Å². The maximum absolute atomic E-state index is 5.90. The number of hydrogen-bond donors (Lipinski definition) is 1. The molecule has 18 heavy (non-hydrogen) atoms. The Labute approximate surface area is 110 Å². The van der Waals surface area contributed by atoms with Gasteiger partial charge >= 0.3 is 0 Å². The summed E-state index contributed by atoms with van der Waals surface area (Å²) in [6, 6.07) is 9.72. The molecule has 2 nitrogen and oxygen atoms in total. The molecule has 3 rings (SSSR count). The van der Waals surface area contributed by atoms with Gasteiger partial charge in [0.1, 0.15) is 0 Å². The van der Waals surface area contributed by atoms with Crippen LogP contribution in [0.2, 0.25) is 0 Å². The van der Waals surface area contributed by atoms with E-state index in [1.165, 1.54) is 44.3 Å². The summed E-state index contributed by atoms with van der Waals surface area (Å²) in [5.41, 5.74) is 8.96. The third-order valence-corrected chi connectivity index (χ3v) is 4.65. The number of rotatable bonds is 2. The van der Waals surface area contributed by atoms with Crippen molar-refractivity contribution in [2.45, 2.75) is 43.6 Å². The quantitative estimate of drug-likeness (QED) is 0.866. The molecule has 98 valence electrons. The standard InChI is InChI=1S/C16H24N2/c1-18-7-3-6-14(11-18)12-4-2-5-13(8-12)15-9-16(17)10-15/h2,4-5,8,14-16H,3,6-7,9-11,17H2,1H3. The number of nitrogens with zero attached hydrogens (tertiary/aromatic N) is 1. The van der Waals surface area contributed by atoms with Crippen molar-refractivity contribution in [2.75, 3.05) is 20.1 Å². The van der Waals surface area contributed by atoms with E-state index in [-0.39, 0.29) is 0 Å². The molecule has 2 heteroatoms. The zero-order valence-corrected chi connectivity index (χ0v) is 11.3. The summed E-state index contributed by atoms with van der Waals surface area (Å²) < 4.78 is 0. The molecule has 2 fully saturated rings. The third kappa shape index (κ3) is 2.45. The molecule has 0 amide bonds. The highest BCUT2D eigenvalue weighted by Crippen LogP contribution is 2.37. The lowest BCUT2D eigenvalue weighted by molar-refractivity contribution is 0.250. The van der Waals surface area contributed by atoms with E-state index in [2.05, 4.69) is 36.2 Å². The van der Waals surface area contributed by atoms with E-state index in [4.69, 9.17) is 5.73 Å². The van der Waals surface area contributed by atoms with Gasteiger partial charge < -0.3 is 10.6 Å². The van der Waals surface area contributed by atoms with Crippen LogP contribution in [0.15, 0.2) is 24.3 Å². The van der Waals surface area contributed by atoms with E-state index < -0.39 is 0 Å². The first-order chi connectivity index (χ1) is 8.72. The molecule has 1 unspecified atom stereocenters. The zero-order chi connectivity index (χ0) is 12.5. The van der Waals surface area contributed by atoms with Gasteiger partial charge in [-0.1, -0.05) is 24.3 Å². The molecule has 0 bridgehead atoms. The summed E-state index contributed by atoms with van der Waals surface area (Å²) in [6.45, 7) is 2.47. The lowest BCUT2D eigenvalue weighted by Gasteiger charge is -2.34. The van der Waals surface area contributed by atoms with Crippen molar-refractivity contribution in [2.24, 2.45) is 5.73 Å². The SMILES string of the molecule is CN1CCCC(c2cccc(C3CC(N)C3)c2)C1. The molecule has 0 spiro atoms. The van der Waals surface area contributed by atoms with Gasteiger partial charge in [-0.25, -0.2) is 0 Å². The monoisotopic (exact) mass is 244 g/mol. The highest BCUT2D eigenvalue weighted by atomic mass is 15.1. The highest BCUT2D eigenvalue weighted by Gasteiger charge is 2.28. The van der Waals surface area contributed by atoms with Crippen LogP contribution in [-0.4, -0.2) is 31.1 Å². The summed E-state index contributed by atoms with van der Waals surface area (Å²) in [5, 5.41) is 0. The van der Waals surface area contributed by atoms with Crippen LogP contribution in [0, 0.1) is 0 Å². The summed E-state index contributed by atoms with van der Waals surface area (Å²) in [4.78, 5) is 2.46. The zero-order valence-electron chi connectivity index (χ0n) is 11.3. The van der Waals surface area contributed by atoms with Gasteiger partial charge in [0.25, 0.3) is 0 Å². The van der Waals surface area contributed by atoms with E-state index in [1.54, 1.807) is 5.56 Å². The van der Waals surface area contributed by atoms with E-state index in [9.17, 15) is 0 Å². The first kappa shape index (κ1) is 12.2. The molecular formula is C16H24N2. The Hall–Kier alpha value is -0.860. The largest absolute Gasteiger partial charge is 0.328 e. The van der Waals surface area contributed by atoms with Crippen molar-refractivity contribution in [3.05, 3.63) is 35.4 Å². The Morgan fingerprint density at radius 3 is 2.56 bits per heavy atom. The Balaban J connectivity index is 1.74. The fraction of sp³-hybridized carbons (Fsp3) is 0.625. The molecule has 1 aliphatic carbocycles. The van der Waals surface area contributed by atoms with Gasteiger partial charge in [-0.15, -0.1) is 0 Å². The molecule has 1 aromatic rings. The molecule has 1 saturated heterocycles. The predicted octanol–water partition coefficient (Wildman–Crippen LogP) is 2.70. The van der Waals surface area contributed by atoms with Crippen molar-refractivity contribution < 1.29 is 0 Å². The second-order valence-electron chi connectivity index (χ2n) is 6.20. The maximum atomic E-state index is 5.90. The fourth-order valence-electron chi connectivity index (χ4n) is 3.44. The molecule has 2 aliphatic rings. The number of hydrogen-bond acceptors (Lipinski definition) is 2. The molecule has 0 radical (unpaired) electrons. The minimum Gasteiger partial charge on any atom is -0.328 e. The Kier molecular flexibility index (Phi) is 3.40. The molecule has 2 N–H and O–H groups in total. The first-order valence-electron chi connectivity index (χ1n) is 7.26. The van der Waals surface area contributed by atoms with Gasteiger partial charge in [0.2, 0.25) is 0 Å². The molecule has 0 aromatic heterocycles. The molecule has 1 atom stereocenters. The molecule has 1 aromatic carbocycles. The second-order valence-corrected chi connectivity index (χ2v) is 6.20. The van der Waals surface area contributed by atoms with Gasteiger partial charge in [0.05, 0.1) is 0 Å². The normalized spacial score (nSPS) is 33.1. The molecule has 1 heterocycles. The van der Waals surface area contributed by atoms with Gasteiger partial charge in [0, 0.05) is 12.6 Å². The molecule has 1 saturated carbocycles. The number of likely N-dealkylation sites (N-methyl/N-ethyl adjacent to an activating group) is 1. The van der Waals surface area contributed by atoms with E-state index in [0.717, 1.165) is 11.8 Å². The van der Waals surface area contributed by atoms with Gasteiger partial charge in [0.15, 0.2) is 0 Å². The minimum absolute atomic E-state index is 0.444. The average molecular weight is 244 g/mol. The number of likely N-dealkylation sites (tertiary alicyclic amines) is 1. The van der Waals surface area contributed by atoms with Crippen LogP contribution in [0.25, 0.3) is 0 Å². The molecule has 1 aliphatic heterocycles. The van der Waals surface area contributed by atoms with Crippen molar-refractivity contribution >= 4 is 0 Å². The van der Waals surface area contributed by atoms with Gasteiger partial charge in [-0.2, -0.15) is 0 Å². The summed E-state index contributed by atoms with van der Waals surface area (Å²) >= 11 is 0. The van der Waals surface area contributed by atoms with Crippen molar-refractivity contribution in [1.82, 2.24) is 4.90 Å². The van der Waals surface area contributed by atoms with E-state index >= 15 is 0 Å². The number of piperidine rings is 1. The summed E-state index contributed by atoms with van der Waals surface area (Å²) in [7, 11) is 2.24. The smallest absolute Gasteiger partial charge is 0.00504 e. The van der Waals surface area contributed by atoms with Crippen LogP contribution in [0.4, 0.5) is 0 Å². The van der Waals surface area contributed by atoms with Crippen LogP contribution in [0.3, 0.4) is 0 Å². The number of nitrogens with two attached hydrogens (primary N) is 1. The van der Waals surface area contributed by atoms with Crippen LogP contribution in [-0.2, 0) is 0 Å². The maximum Gasteiger partial charge on any atom is 0.00504 e. The summed E-state index contributed by atoms with van der Waals surface area (Å²) in [6.07, 6.45) is 5.03. The minimum atomic E-state index is 0.444. The van der Waals surface area contributed by atoms with Gasteiger partial charge in [-0.05, 0) is 62.2 Å². The first-order valence-corrected chi connectivity index (χ1v) is 7.26. The predicted molar refractivity (Wildman–Crippen MR) is 75.9 cm³/mol. The number of benzene rings is 1. The van der Waals surface area contributed by atoms with Gasteiger partial charge in [-0.3, -0.25) is 0 Å². The fourth-order valence-corrected chi connectivity index (χ4v) is 3.44. The lowest BCUT2D eigenvalue weighted by Crippen LogP contribution is -2.35. The van der Waals surface area contributed by atoms with Crippen LogP contribution >= 0.6 is 0 Å². The van der Waals surface area contributed by atoms with Crippen molar-refractivity contribution in [3.63, 3.8) is 0 Å². The Bertz CT molecular complexity index is 409. The second kappa shape index (κ2) is 5.02. The summed E-state index contributed by atoms with van der Waals surface area (Å²) in [5.74, 6) is 1.46. The van der Waals surface area contributed by atoms with Crippen LogP contribution in [0.5, 0.6) is 0 Å². The Morgan fingerprint density at radius 2 is 1.89 bits per heavy atom. The van der Waals surface area contributed by atoms with Crippen molar-refractivity contribution in [3.8, 4) is 0 Å². The third-order valence-electron chi connectivity index (χ3n) is 4.65. The lowest BCUT2D eigenvalue weighted by atomic mass is 9.75. The van der Waals surface area contributed by atoms with Crippen LogP contribution < -0.4 is 5.73 Å². The van der Waals surface area contributed by atoms with E-state index in [1.807, 2.05) is 0 Å². The van der Waals surface area contributed by atoms with Crippen molar-refractivity contribution in [1.29, 1.82) is 0 Å². The topological polar surface area (TPSA) is 29.3 Å². The molecular weight excluding hydrogens is 220 g/mol. The van der Waals surface area contributed by atoms with E-state index in [0.29, 0.717) is 6.04 Å². The highest BCUT2D eigenvalue weighted by molar-refractivity contribution is 5.31.